The van der Waals surface area contributed by atoms with E-state index in [0.29, 0.717) is 5.56 Å². The molecule has 4 rings (SSSR count). The number of benzene rings is 2. The van der Waals surface area contributed by atoms with E-state index in [1.165, 1.54) is 12.1 Å². The van der Waals surface area contributed by atoms with E-state index in [9.17, 15) is 41.7 Å². The first-order chi connectivity index (χ1) is 15.1. The minimum absolute atomic E-state index is 0.218. The minimum Gasteiger partial charge on any atom is -0.459 e. The molecule has 0 aliphatic carbocycles. The molecule has 8 nitrogen and oxygen atoms in total. The highest BCUT2D eigenvalue weighted by atomic mass is 19.2. The van der Waals surface area contributed by atoms with Crippen molar-refractivity contribution in [3.05, 3.63) is 74.6 Å². The smallest absolute Gasteiger partial charge is 0.332 e. The fourth-order valence-corrected chi connectivity index (χ4v) is 3.53. The molecule has 2 aromatic carbocycles. The summed E-state index contributed by atoms with van der Waals surface area (Å²) in [5.41, 5.74) is -1.30. The number of rotatable bonds is 5. The monoisotopic (exact) mass is 458 g/mol. The zero-order valence-electron chi connectivity index (χ0n) is 15.7. The third kappa shape index (κ3) is 3.34. The lowest BCUT2D eigenvalue weighted by Crippen LogP contribution is -2.55. The Balaban J connectivity index is 1.62. The highest BCUT2D eigenvalue weighted by molar-refractivity contribution is 5.90. The number of hydrogen-bond acceptors (Lipinski definition) is 6. The van der Waals surface area contributed by atoms with Gasteiger partial charge in [-0.3, -0.25) is 19.8 Å². The molecular formula is C19H11F5N2O6. The van der Waals surface area contributed by atoms with Crippen LogP contribution in [0.15, 0.2) is 24.3 Å². The molecule has 168 valence electrons. The number of nitro groups is 1. The van der Waals surface area contributed by atoms with Crippen LogP contribution < -0.4 is 0 Å². The molecule has 2 aliphatic rings. The molecule has 2 aliphatic heterocycles. The third-order valence-electron chi connectivity index (χ3n) is 5.14. The molecule has 0 radical (unpaired) electrons. The molecule has 13 heteroatoms. The lowest BCUT2D eigenvalue weighted by molar-refractivity contribution is -0.384. The molecule has 2 aromatic rings. The topological polar surface area (TPSA) is 99.0 Å². The number of carbonyl (C=O) groups is 2. The van der Waals surface area contributed by atoms with Gasteiger partial charge in [0.05, 0.1) is 16.9 Å². The van der Waals surface area contributed by atoms with Crippen molar-refractivity contribution in [2.75, 3.05) is 0 Å². The predicted octanol–water partition coefficient (Wildman–Crippen LogP) is 3.03. The van der Waals surface area contributed by atoms with Crippen LogP contribution in [0.2, 0.25) is 0 Å². The van der Waals surface area contributed by atoms with Crippen molar-refractivity contribution in [3.63, 3.8) is 0 Å². The van der Waals surface area contributed by atoms with Crippen LogP contribution in [-0.2, 0) is 25.7 Å². The Kier molecular flexibility index (Phi) is 5.28. The highest BCUT2D eigenvalue weighted by Gasteiger charge is 2.58. The Morgan fingerprint density at radius 2 is 1.62 bits per heavy atom. The van der Waals surface area contributed by atoms with Gasteiger partial charge in [0.2, 0.25) is 11.7 Å². The Morgan fingerprint density at radius 1 is 1.06 bits per heavy atom. The van der Waals surface area contributed by atoms with Gasteiger partial charge in [0.1, 0.15) is 18.9 Å². The molecule has 0 saturated carbocycles. The van der Waals surface area contributed by atoms with Gasteiger partial charge in [-0.15, -0.1) is 0 Å². The summed E-state index contributed by atoms with van der Waals surface area (Å²) in [4.78, 5) is 35.4. The lowest BCUT2D eigenvalue weighted by Gasteiger charge is -2.35. The van der Waals surface area contributed by atoms with Gasteiger partial charge in [-0.05, 0) is 17.7 Å². The summed E-state index contributed by atoms with van der Waals surface area (Å²) in [6, 6.07) is 3.07. The van der Waals surface area contributed by atoms with Crippen molar-refractivity contribution in [3.8, 4) is 0 Å². The largest absolute Gasteiger partial charge is 0.459 e. The van der Waals surface area contributed by atoms with Crippen molar-refractivity contribution in [2.24, 2.45) is 0 Å². The fraction of sp³-hybridized carbons (Fsp3) is 0.263. The normalized spacial score (nSPS) is 21.8. The van der Waals surface area contributed by atoms with E-state index in [4.69, 9.17) is 9.47 Å². The summed E-state index contributed by atoms with van der Waals surface area (Å²) >= 11 is 0. The van der Waals surface area contributed by atoms with Crippen LogP contribution in [0, 0.1) is 39.2 Å². The zero-order chi connectivity index (χ0) is 23.3. The van der Waals surface area contributed by atoms with Crippen molar-refractivity contribution in [1.82, 2.24) is 4.90 Å². The molecule has 2 heterocycles. The number of amides is 1. The maximum absolute atomic E-state index is 14.3. The van der Waals surface area contributed by atoms with Crippen molar-refractivity contribution < 1.29 is 45.9 Å². The fourth-order valence-electron chi connectivity index (χ4n) is 3.53. The van der Waals surface area contributed by atoms with Gasteiger partial charge in [0.15, 0.2) is 29.3 Å². The van der Waals surface area contributed by atoms with E-state index >= 15 is 0 Å². The van der Waals surface area contributed by atoms with Crippen LogP contribution in [0.4, 0.5) is 27.6 Å². The molecule has 0 unspecified atom stereocenters. The second-order valence-corrected chi connectivity index (χ2v) is 6.98. The van der Waals surface area contributed by atoms with E-state index in [2.05, 4.69) is 0 Å². The van der Waals surface area contributed by atoms with Gasteiger partial charge in [0.25, 0.3) is 5.69 Å². The Morgan fingerprint density at radius 3 is 2.16 bits per heavy atom. The minimum atomic E-state index is -2.38. The van der Waals surface area contributed by atoms with Gasteiger partial charge >= 0.3 is 5.97 Å². The van der Waals surface area contributed by atoms with Gasteiger partial charge in [-0.2, -0.15) is 0 Å². The first-order valence-corrected chi connectivity index (χ1v) is 8.99. The molecule has 1 amide bonds. The molecule has 3 atom stereocenters. The molecule has 2 saturated heterocycles. The summed E-state index contributed by atoms with van der Waals surface area (Å²) in [5.74, 6) is -13.0. The molecular weight excluding hydrogens is 447 g/mol. The first kappa shape index (κ1) is 21.6. The maximum Gasteiger partial charge on any atom is 0.332 e. The maximum atomic E-state index is 14.3. The number of halogens is 5. The highest BCUT2D eigenvalue weighted by Crippen LogP contribution is 2.44. The van der Waals surface area contributed by atoms with Crippen LogP contribution in [0.25, 0.3) is 0 Å². The van der Waals surface area contributed by atoms with Crippen molar-refractivity contribution in [2.45, 2.75) is 31.4 Å². The molecule has 32 heavy (non-hydrogen) atoms. The van der Waals surface area contributed by atoms with E-state index in [0.717, 1.165) is 17.0 Å². The third-order valence-corrected chi connectivity index (χ3v) is 5.14. The van der Waals surface area contributed by atoms with Crippen LogP contribution >= 0.6 is 0 Å². The van der Waals surface area contributed by atoms with Crippen LogP contribution in [0.3, 0.4) is 0 Å². The second kappa shape index (κ2) is 7.82. The molecule has 0 spiro atoms. The first-order valence-electron chi connectivity index (χ1n) is 8.99. The van der Waals surface area contributed by atoms with E-state index in [1.807, 2.05) is 0 Å². The van der Waals surface area contributed by atoms with Crippen LogP contribution in [0.1, 0.15) is 23.7 Å². The van der Waals surface area contributed by atoms with Crippen LogP contribution in [0.5, 0.6) is 0 Å². The summed E-state index contributed by atoms with van der Waals surface area (Å²) in [6.45, 7) is -0.441. The Labute approximate surface area is 175 Å². The number of nitro benzene ring substituents is 1. The van der Waals surface area contributed by atoms with Gasteiger partial charge in [-0.1, -0.05) is 0 Å². The predicted molar refractivity (Wildman–Crippen MR) is 92.0 cm³/mol. The lowest BCUT2D eigenvalue weighted by atomic mass is 9.98. The van der Waals surface area contributed by atoms with E-state index in [1.54, 1.807) is 0 Å². The Hall–Kier alpha value is -3.61. The number of non-ortho nitro benzene ring substituents is 1. The average Bonchev–Trinajstić information content (AvgIpc) is 3.07. The second-order valence-electron chi connectivity index (χ2n) is 6.98. The van der Waals surface area contributed by atoms with Gasteiger partial charge in [-0.25, -0.2) is 26.7 Å². The zero-order valence-corrected chi connectivity index (χ0v) is 15.7. The molecule has 0 aromatic heterocycles. The van der Waals surface area contributed by atoms with E-state index in [-0.39, 0.29) is 12.1 Å². The number of nitrogens with zero attached hydrogens (tertiary/aromatic N) is 2. The van der Waals surface area contributed by atoms with Gasteiger partial charge in [0, 0.05) is 12.1 Å². The Bertz CT molecular complexity index is 1110. The number of carbonyl (C=O) groups excluding carboxylic acids is 2. The van der Waals surface area contributed by atoms with Crippen molar-refractivity contribution >= 4 is 17.6 Å². The standard InChI is InChI=1S/C19H11F5N2O6/c20-12-11(13(21)15(23)16(24)14(12)22)18-17(25-9(27)5-10(25)32-18)19(28)31-6-7-1-3-8(4-2-7)26(29)30/h1-4,10,17-18H,5-6H2/t10-,17-,18-/m1/s1. The number of ether oxygens (including phenoxy) is 2. The van der Waals surface area contributed by atoms with Crippen molar-refractivity contribution in [1.29, 1.82) is 0 Å². The number of β-lactam (4-membered cyclic amide) rings is 1. The summed E-state index contributed by atoms with van der Waals surface area (Å²) < 4.78 is 79.6. The summed E-state index contributed by atoms with van der Waals surface area (Å²) in [6.07, 6.45) is -3.35. The number of fused-ring (bicyclic) bond motifs is 1. The number of hydrogen-bond donors (Lipinski definition) is 0. The SMILES string of the molecule is O=C(OCc1ccc([N+](=O)[O-])cc1)[C@H]1[C@@H](c2c(F)c(F)c(F)c(F)c2F)O[C@@H]2CC(=O)N21. The quantitative estimate of drug-likeness (QED) is 0.130. The molecule has 0 N–H and O–H groups in total. The average molecular weight is 458 g/mol. The van der Waals surface area contributed by atoms with Crippen LogP contribution in [-0.4, -0.2) is 34.0 Å². The molecule has 0 bridgehead atoms. The molecule has 2 fully saturated rings. The van der Waals surface area contributed by atoms with E-state index < -0.39 is 76.4 Å². The summed E-state index contributed by atoms with van der Waals surface area (Å²) in [7, 11) is 0. The van der Waals surface area contributed by atoms with Gasteiger partial charge < -0.3 is 9.47 Å². The summed E-state index contributed by atoms with van der Waals surface area (Å²) in [5, 5.41) is 10.7. The number of esters is 1.